The zero-order chi connectivity index (χ0) is 34.4. The van der Waals surface area contributed by atoms with Gasteiger partial charge in [-0.2, -0.15) is 0 Å². The Morgan fingerprint density at radius 1 is 0.481 bits per heavy atom. The van der Waals surface area contributed by atoms with E-state index in [1.807, 2.05) is 0 Å². The first-order valence-electron chi connectivity index (χ1n) is 18.4. The van der Waals surface area contributed by atoms with E-state index in [9.17, 15) is 0 Å². The van der Waals surface area contributed by atoms with Crippen LogP contribution >= 0.6 is 0 Å². The molecule has 0 saturated heterocycles. The zero-order valence-electron chi connectivity index (χ0n) is 28.9. The van der Waals surface area contributed by atoms with Gasteiger partial charge >= 0.3 is 0 Å². The number of hydrogen-bond donors (Lipinski definition) is 0. The van der Waals surface area contributed by atoms with Gasteiger partial charge in [-0.15, -0.1) is 0 Å². The Morgan fingerprint density at radius 2 is 1.10 bits per heavy atom. The second kappa shape index (κ2) is 12.8. The summed E-state index contributed by atoms with van der Waals surface area (Å²) in [6.07, 6.45) is 29.2. The molecular weight excluding hydrogens is 633 g/mol. The SMILES string of the molecule is C1=CCCC(n2c(-c3ccc(C4=CC=C(C5=CC=C(c6nc7ccccc7n6-c6ccccc6)CC5)C5C=CC=CC45)cc3)nc3ccccc32)=C1. The Balaban J connectivity index is 0.983. The summed E-state index contributed by atoms with van der Waals surface area (Å²) in [5.41, 5.74) is 14.6. The van der Waals surface area contributed by atoms with Crippen LogP contribution in [0.1, 0.15) is 37.1 Å². The standard InChI is InChI=1S/C48H38N4/c1-3-13-37(14-4-1)51-45-21-11-9-19-43(45)49-47(51)35-27-23-33(24-28-35)39-31-32-40(42-18-8-7-17-41(39)42)34-25-29-36(30-26-34)48-50-44-20-10-12-22-46(44)52(48)38-15-5-2-6-16-38/h1-5,7-15,17-23,25-27,29-32,41-42H,6,16,24,28H2. The van der Waals surface area contributed by atoms with Crippen LogP contribution in [-0.4, -0.2) is 19.1 Å². The van der Waals surface area contributed by atoms with Gasteiger partial charge in [0.1, 0.15) is 11.6 Å². The lowest BCUT2D eigenvalue weighted by atomic mass is 9.70. The fourth-order valence-corrected chi connectivity index (χ4v) is 8.46. The van der Waals surface area contributed by atoms with Crippen LogP contribution in [0, 0.1) is 11.8 Å². The Morgan fingerprint density at radius 3 is 1.81 bits per heavy atom. The molecule has 2 unspecified atom stereocenters. The number of nitrogens with zero attached hydrogens (tertiary/aromatic N) is 4. The molecule has 2 aromatic heterocycles. The molecule has 6 aromatic rings. The minimum Gasteiger partial charge on any atom is -0.296 e. The van der Waals surface area contributed by atoms with E-state index in [1.54, 1.807) is 0 Å². The third-order valence-electron chi connectivity index (χ3n) is 11.0. The van der Waals surface area contributed by atoms with Crippen LogP contribution in [0.5, 0.6) is 0 Å². The summed E-state index contributed by atoms with van der Waals surface area (Å²) in [7, 11) is 0. The topological polar surface area (TPSA) is 35.6 Å². The van der Waals surface area contributed by atoms with Gasteiger partial charge in [-0.1, -0.05) is 127 Å². The number of imidazole rings is 2. The van der Waals surface area contributed by atoms with E-state index < -0.39 is 0 Å². The minimum absolute atomic E-state index is 0.285. The predicted octanol–water partition coefficient (Wildman–Crippen LogP) is 11.7. The number of aromatic nitrogens is 4. The zero-order valence-corrected chi connectivity index (χ0v) is 28.9. The van der Waals surface area contributed by atoms with E-state index in [2.05, 4.69) is 179 Å². The number of benzene rings is 4. The van der Waals surface area contributed by atoms with Crippen molar-refractivity contribution in [3.8, 4) is 17.1 Å². The van der Waals surface area contributed by atoms with Crippen molar-refractivity contribution >= 4 is 38.9 Å². The summed E-state index contributed by atoms with van der Waals surface area (Å²) in [5.74, 6) is 2.62. The van der Waals surface area contributed by atoms with Gasteiger partial charge in [0.15, 0.2) is 0 Å². The van der Waals surface area contributed by atoms with Crippen molar-refractivity contribution in [3.63, 3.8) is 0 Å². The molecule has 0 bridgehead atoms. The van der Waals surface area contributed by atoms with Crippen molar-refractivity contribution in [3.05, 3.63) is 192 Å². The number of fused-ring (bicyclic) bond motifs is 3. The number of allylic oxidation sites excluding steroid dienone is 16. The van der Waals surface area contributed by atoms with Crippen LogP contribution in [0.25, 0.3) is 56.0 Å². The van der Waals surface area contributed by atoms with Gasteiger partial charge in [0.2, 0.25) is 0 Å². The van der Waals surface area contributed by atoms with E-state index in [1.165, 1.54) is 33.6 Å². The molecule has 4 nitrogen and oxygen atoms in total. The fourth-order valence-electron chi connectivity index (χ4n) is 8.46. The average Bonchev–Trinajstić information content (AvgIpc) is 3.81. The summed E-state index contributed by atoms with van der Waals surface area (Å²) < 4.78 is 4.66. The van der Waals surface area contributed by atoms with Crippen LogP contribution in [0.4, 0.5) is 0 Å². The molecule has 0 saturated carbocycles. The summed E-state index contributed by atoms with van der Waals surface area (Å²) in [4.78, 5) is 10.3. The molecule has 0 radical (unpaired) electrons. The normalized spacial score (nSPS) is 19.6. The highest BCUT2D eigenvalue weighted by Gasteiger charge is 2.31. The summed E-state index contributed by atoms with van der Waals surface area (Å²) in [5, 5.41) is 0. The average molecular weight is 671 g/mol. The second-order valence-electron chi connectivity index (χ2n) is 14.0. The van der Waals surface area contributed by atoms with Crippen molar-refractivity contribution < 1.29 is 0 Å². The molecule has 0 fully saturated rings. The molecule has 250 valence electrons. The van der Waals surface area contributed by atoms with Gasteiger partial charge in [-0.25, -0.2) is 9.97 Å². The van der Waals surface area contributed by atoms with Gasteiger partial charge in [-0.05, 0) is 96.0 Å². The fraction of sp³-hybridized carbons (Fsp3) is 0.125. The maximum atomic E-state index is 5.13. The van der Waals surface area contributed by atoms with Crippen LogP contribution in [0.3, 0.4) is 0 Å². The highest BCUT2D eigenvalue weighted by Crippen LogP contribution is 2.45. The molecular formula is C48H38N4. The maximum Gasteiger partial charge on any atom is 0.145 e. The summed E-state index contributed by atoms with van der Waals surface area (Å²) in [6.45, 7) is 0. The molecule has 0 spiro atoms. The Bertz CT molecular complexity index is 2610. The molecule has 0 aliphatic heterocycles. The Kier molecular flexibility index (Phi) is 7.53. The number of rotatable bonds is 6. The van der Waals surface area contributed by atoms with E-state index in [0.717, 1.165) is 70.6 Å². The molecule has 4 aromatic carbocycles. The molecule has 0 amide bonds. The first kappa shape index (κ1) is 30.6. The lowest BCUT2D eigenvalue weighted by molar-refractivity contribution is 0.638. The highest BCUT2D eigenvalue weighted by atomic mass is 15.1. The predicted molar refractivity (Wildman–Crippen MR) is 215 cm³/mol. The van der Waals surface area contributed by atoms with Crippen LogP contribution in [0.2, 0.25) is 0 Å². The van der Waals surface area contributed by atoms with E-state index >= 15 is 0 Å². The molecule has 2 atom stereocenters. The van der Waals surface area contributed by atoms with Crippen molar-refractivity contribution in [2.75, 3.05) is 0 Å². The maximum absolute atomic E-state index is 5.13. The number of hydrogen-bond acceptors (Lipinski definition) is 2. The van der Waals surface area contributed by atoms with Crippen LogP contribution in [-0.2, 0) is 0 Å². The highest BCUT2D eigenvalue weighted by molar-refractivity contribution is 5.87. The molecule has 0 N–H and O–H groups in total. The van der Waals surface area contributed by atoms with E-state index in [0.29, 0.717) is 5.92 Å². The molecule has 52 heavy (non-hydrogen) atoms. The van der Waals surface area contributed by atoms with Crippen molar-refractivity contribution in [1.82, 2.24) is 19.1 Å². The molecule has 4 heteroatoms. The summed E-state index contributed by atoms with van der Waals surface area (Å²) in [6, 6.07) is 36.6. The molecule has 4 aliphatic rings. The van der Waals surface area contributed by atoms with Crippen LogP contribution < -0.4 is 0 Å². The second-order valence-corrected chi connectivity index (χ2v) is 14.0. The smallest absolute Gasteiger partial charge is 0.145 e. The van der Waals surface area contributed by atoms with Crippen molar-refractivity contribution in [2.24, 2.45) is 11.8 Å². The first-order chi connectivity index (χ1) is 25.8. The lowest BCUT2D eigenvalue weighted by Gasteiger charge is -2.34. The Hall–Kier alpha value is -6.26. The Labute approximate surface area is 304 Å². The largest absolute Gasteiger partial charge is 0.296 e. The molecule has 4 aliphatic carbocycles. The van der Waals surface area contributed by atoms with E-state index in [4.69, 9.17) is 9.97 Å². The third-order valence-corrected chi connectivity index (χ3v) is 11.0. The van der Waals surface area contributed by atoms with Gasteiger partial charge < -0.3 is 0 Å². The van der Waals surface area contributed by atoms with Crippen molar-refractivity contribution in [2.45, 2.75) is 25.7 Å². The molecule has 10 rings (SSSR count). The minimum atomic E-state index is 0.285. The molecule has 2 heterocycles. The van der Waals surface area contributed by atoms with Gasteiger partial charge in [0.25, 0.3) is 0 Å². The van der Waals surface area contributed by atoms with Gasteiger partial charge in [0, 0.05) is 28.8 Å². The van der Waals surface area contributed by atoms with Crippen LogP contribution in [0.15, 0.2) is 181 Å². The van der Waals surface area contributed by atoms with E-state index in [-0.39, 0.29) is 5.92 Å². The van der Waals surface area contributed by atoms with Crippen molar-refractivity contribution in [1.29, 1.82) is 0 Å². The van der Waals surface area contributed by atoms with Gasteiger partial charge in [-0.3, -0.25) is 9.13 Å². The third kappa shape index (κ3) is 5.22. The van der Waals surface area contributed by atoms with Gasteiger partial charge in [0.05, 0.1) is 22.1 Å². The number of para-hydroxylation sites is 5. The lowest BCUT2D eigenvalue weighted by Crippen LogP contribution is -2.21. The quantitative estimate of drug-likeness (QED) is 0.177. The first-order valence-corrected chi connectivity index (χ1v) is 18.4. The summed E-state index contributed by atoms with van der Waals surface area (Å²) >= 11 is 0. The monoisotopic (exact) mass is 670 g/mol.